The Hall–Kier alpha value is -0.110. The minimum atomic E-state index is -0.556. The summed E-state index contributed by atoms with van der Waals surface area (Å²) in [6.07, 6.45) is 7.24. The van der Waals surface area contributed by atoms with Crippen LogP contribution in [0.4, 0.5) is 4.39 Å². The Morgan fingerprint density at radius 2 is 2.21 bits per heavy atom. The predicted molar refractivity (Wildman–Crippen MR) is 59.2 cm³/mol. The average molecular weight is 201 g/mol. The van der Waals surface area contributed by atoms with Gasteiger partial charge in [0.15, 0.2) is 0 Å². The van der Waals surface area contributed by atoms with Crippen molar-refractivity contribution in [3.8, 4) is 0 Å². The first kappa shape index (κ1) is 12.0. The summed E-state index contributed by atoms with van der Waals surface area (Å²) >= 11 is 0. The Kier molecular flexibility index (Phi) is 6.17. The maximum Gasteiger partial charge on any atom is 0.104 e. The molecule has 0 radical (unpaired) electrons. The van der Waals surface area contributed by atoms with Crippen LogP contribution in [0.3, 0.4) is 0 Å². The van der Waals surface area contributed by atoms with E-state index in [1.54, 1.807) is 0 Å². The third kappa shape index (κ3) is 4.41. The van der Waals surface area contributed by atoms with E-state index in [2.05, 4.69) is 12.2 Å². The first-order valence-electron chi connectivity index (χ1n) is 6.19. The zero-order valence-corrected chi connectivity index (χ0v) is 9.40. The molecule has 2 atom stereocenters. The van der Waals surface area contributed by atoms with Gasteiger partial charge in [0.2, 0.25) is 0 Å². The van der Waals surface area contributed by atoms with E-state index in [9.17, 15) is 4.39 Å². The highest BCUT2D eigenvalue weighted by Crippen LogP contribution is 2.21. The second kappa shape index (κ2) is 7.22. The van der Waals surface area contributed by atoms with E-state index < -0.39 is 6.17 Å². The van der Waals surface area contributed by atoms with Crippen LogP contribution in [0.5, 0.6) is 0 Å². The largest absolute Gasteiger partial charge is 0.316 e. The van der Waals surface area contributed by atoms with Crippen molar-refractivity contribution >= 4 is 0 Å². The number of nitrogens with one attached hydrogen (secondary N) is 1. The van der Waals surface area contributed by atoms with Gasteiger partial charge in [-0.25, -0.2) is 4.39 Å². The van der Waals surface area contributed by atoms with Gasteiger partial charge in [0.25, 0.3) is 0 Å². The number of piperidine rings is 1. The van der Waals surface area contributed by atoms with Crippen molar-refractivity contribution in [1.82, 2.24) is 5.32 Å². The average Bonchev–Trinajstić information content (AvgIpc) is 2.25. The van der Waals surface area contributed by atoms with Crippen molar-refractivity contribution in [1.29, 1.82) is 0 Å². The number of hydrogen-bond donors (Lipinski definition) is 1. The fourth-order valence-corrected chi connectivity index (χ4v) is 2.19. The van der Waals surface area contributed by atoms with Crippen molar-refractivity contribution in [2.75, 3.05) is 13.1 Å². The molecule has 0 aliphatic carbocycles. The molecule has 1 saturated heterocycles. The molecular weight excluding hydrogens is 177 g/mol. The smallest absolute Gasteiger partial charge is 0.104 e. The Balaban J connectivity index is 2.04. The van der Waals surface area contributed by atoms with E-state index in [0.29, 0.717) is 5.92 Å². The fourth-order valence-electron chi connectivity index (χ4n) is 2.19. The lowest BCUT2D eigenvalue weighted by Gasteiger charge is -2.25. The van der Waals surface area contributed by atoms with Crippen LogP contribution in [0.2, 0.25) is 0 Å². The van der Waals surface area contributed by atoms with Gasteiger partial charge in [-0.3, -0.25) is 0 Å². The molecule has 14 heavy (non-hydrogen) atoms. The van der Waals surface area contributed by atoms with Gasteiger partial charge >= 0.3 is 0 Å². The zero-order valence-electron chi connectivity index (χ0n) is 9.40. The highest BCUT2D eigenvalue weighted by Gasteiger charge is 2.22. The van der Waals surface area contributed by atoms with Gasteiger partial charge in [-0.2, -0.15) is 0 Å². The quantitative estimate of drug-likeness (QED) is 0.650. The van der Waals surface area contributed by atoms with Crippen LogP contribution < -0.4 is 5.32 Å². The molecule has 1 fully saturated rings. The molecule has 2 unspecified atom stereocenters. The highest BCUT2D eigenvalue weighted by atomic mass is 19.1. The molecule has 0 aromatic carbocycles. The Bertz CT molecular complexity index is 132. The zero-order chi connectivity index (χ0) is 10.2. The van der Waals surface area contributed by atoms with E-state index in [4.69, 9.17) is 0 Å². The Morgan fingerprint density at radius 3 is 2.86 bits per heavy atom. The third-order valence-corrected chi connectivity index (χ3v) is 3.18. The van der Waals surface area contributed by atoms with Crippen LogP contribution in [-0.2, 0) is 0 Å². The standard InChI is InChI=1S/C12H24FN/c1-2-3-4-5-8-12(13)11-7-6-9-14-10-11/h11-12,14H,2-10H2,1H3. The summed E-state index contributed by atoms with van der Waals surface area (Å²) in [5, 5.41) is 3.28. The minimum Gasteiger partial charge on any atom is -0.316 e. The van der Waals surface area contributed by atoms with E-state index in [-0.39, 0.29) is 0 Å². The summed E-state index contributed by atoms with van der Waals surface area (Å²) in [6.45, 7) is 4.17. The number of rotatable bonds is 6. The van der Waals surface area contributed by atoms with Crippen LogP contribution >= 0.6 is 0 Å². The molecule has 0 saturated carbocycles. The van der Waals surface area contributed by atoms with E-state index >= 15 is 0 Å². The molecule has 1 nitrogen and oxygen atoms in total. The SMILES string of the molecule is CCCCCCC(F)C1CCCNC1. The summed E-state index contributed by atoms with van der Waals surface area (Å²) in [6, 6.07) is 0. The Labute approximate surface area is 87.5 Å². The second-order valence-corrected chi connectivity index (χ2v) is 4.47. The van der Waals surface area contributed by atoms with Gasteiger partial charge < -0.3 is 5.32 Å². The van der Waals surface area contributed by atoms with Crippen LogP contribution in [0, 0.1) is 5.92 Å². The first-order chi connectivity index (χ1) is 6.84. The van der Waals surface area contributed by atoms with Gasteiger partial charge in [0.1, 0.15) is 6.17 Å². The van der Waals surface area contributed by atoms with E-state index in [1.807, 2.05) is 0 Å². The summed E-state index contributed by atoms with van der Waals surface area (Å²) in [7, 11) is 0. The summed E-state index contributed by atoms with van der Waals surface area (Å²) < 4.78 is 13.7. The number of halogens is 1. The monoisotopic (exact) mass is 201 g/mol. The third-order valence-electron chi connectivity index (χ3n) is 3.18. The molecule has 1 aliphatic heterocycles. The minimum absolute atomic E-state index is 0.297. The molecule has 0 bridgehead atoms. The number of hydrogen-bond acceptors (Lipinski definition) is 1. The lowest BCUT2D eigenvalue weighted by Crippen LogP contribution is -2.35. The van der Waals surface area contributed by atoms with Gasteiger partial charge in [0, 0.05) is 12.5 Å². The molecule has 0 aromatic rings. The van der Waals surface area contributed by atoms with Crippen LogP contribution in [-0.4, -0.2) is 19.3 Å². The van der Waals surface area contributed by atoms with Gasteiger partial charge in [-0.15, -0.1) is 0 Å². The topological polar surface area (TPSA) is 12.0 Å². The van der Waals surface area contributed by atoms with E-state index in [0.717, 1.165) is 38.8 Å². The fraction of sp³-hybridized carbons (Fsp3) is 1.00. The normalized spacial score (nSPS) is 24.9. The molecule has 1 aliphatic rings. The van der Waals surface area contributed by atoms with Crippen LogP contribution in [0.1, 0.15) is 51.9 Å². The van der Waals surface area contributed by atoms with E-state index in [1.165, 1.54) is 19.3 Å². The highest BCUT2D eigenvalue weighted by molar-refractivity contribution is 4.75. The van der Waals surface area contributed by atoms with Crippen molar-refractivity contribution in [2.45, 2.75) is 58.0 Å². The molecule has 1 rings (SSSR count). The summed E-state index contributed by atoms with van der Waals surface area (Å²) in [4.78, 5) is 0. The molecule has 0 amide bonds. The molecule has 0 spiro atoms. The molecule has 0 aromatic heterocycles. The Morgan fingerprint density at radius 1 is 1.36 bits per heavy atom. The maximum atomic E-state index is 13.7. The maximum absolute atomic E-state index is 13.7. The molecule has 1 heterocycles. The van der Waals surface area contributed by atoms with Crippen molar-refractivity contribution in [2.24, 2.45) is 5.92 Å². The molecule has 2 heteroatoms. The van der Waals surface area contributed by atoms with Crippen molar-refractivity contribution < 1.29 is 4.39 Å². The lowest BCUT2D eigenvalue weighted by atomic mass is 9.91. The molecular formula is C12H24FN. The van der Waals surface area contributed by atoms with Crippen LogP contribution in [0.15, 0.2) is 0 Å². The van der Waals surface area contributed by atoms with Gasteiger partial charge in [0.05, 0.1) is 0 Å². The number of unbranched alkanes of at least 4 members (excludes halogenated alkanes) is 3. The molecule has 84 valence electrons. The van der Waals surface area contributed by atoms with Gasteiger partial charge in [-0.05, 0) is 25.8 Å². The predicted octanol–water partition coefficient (Wildman–Crippen LogP) is 3.29. The van der Waals surface area contributed by atoms with Crippen molar-refractivity contribution in [3.05, 3.63) is 0 Å². The van der Waals surface area contributed by atoms with Gasteiger partial charge in [-0.1, -0.05) is 32.6 Å². The first-order valence-corrected chi connectivity index (χ1v) is 6.19. The number of alkyl halides is 1. The summed E-state index contributed by atoms with van der Waals surface area (Å²) in [5.74, 6) is 0.297. The van der Waals surface area contributed by atoms with Crippen molar-refractivity contribution in [3.63, 3.8) is 0 Å². The second-order valence-electron chi connectivity index (χ2n) is 4.47. The summed E-state index contributed by atoms with van der Waals surface area (Å²) in [5.41, 5.74) is 0. The lowest BCUT2D eigenvalue weighted by molar-refractivity contribution is 0.177. The molecule has 1 N–H and O–H groups in total. The van der Waals surface area contributed by atoms with Crippen LogP contribution in [0.25, 0.3) is 0 Å².